The molecule has 1 fully saturated rings. The number of imide groups is 1. The van der Waals surface area contributed by atoms with Gasteiger partial charge in [-0.1, -0.05) is 54.6 Å². The van der Waals surface area contributed by atoms with Crippen LogP contribution in [0.1, 0.15) is 16.8 Å². The van der Waals surface area contributed by atoms with E-state index in [-0.39, 0.29) is 11.5 Å². The molecule has 0 atom stereocenters. The van der Waals surface area contributed by atoms with E-state index >= 15 is 0 Å². The first-order valence-corrected chi connectivity index (χ1v) is 10.3. The molecule has 1 saturated heterocycles. The van der Waals surface area contributed by atoms with E-state index in [1.54, 1.807) is 42.5 Å². The highest BCUT2D eigenvalue weighted by Crippen LogP contribution is 2.30. The average molecular weight is 425 g/mol. The highest BCUT2D eigenvalue weighted by atomic mass is 19.1. The molecule has 0 aliphatic carbocycles. The number of anilines is 1. The van der Waals surface area contributed by atoms with Gasteiger partial charge in [0.05, 0.1) is 12.2 Å². The zero-order valence-corrected chi connectivity index (χ0v) is 17.4. The predicted molar refractivity (Wildman–Crippen MR) is 123 cm³/mol. The number of rotatable bonds is 4. The maximum Gasteiger partial charge on any atom is 0.333 e. The van der Waals surface area contributed by atoms with E-state index in [0.29, 0.717) is 17.8 Å². The van der Waals surface area contributed by atoms with E-state index < -0.39 is 11.9 Å². The van der Waals surface area contributed by atoms with Crippen LogP contribution in [0.15, 0.2) is 84.6 Å². The number of fused-ring (bicyclic) bond motifs is 1. The minimum atomic E-state index is -0.486. The molecular formula is C26H20FN3O2. The Morgan fingerprint density at radius 2 is 1.59 bits per heavy atom. The van der Waals surface area contributed by atoms with E-state index in [1.807, 2.05) is 47.9 Å². The number of hydrogen-bond acceptors (Lipinski definition) is 2. The van der Waals surface area contributed by atoms with Crippen molar-refractivity contribution >= 4 is 34.6 Å². The summed E-state index contributed by atoms with van der Waals surface area (Å²) in [5.41, 5.74) is 3.92. The molecule has 0 radical (unpaired) electrons. The Hall–Kier alpha value is -4.19. The number of hydrogen-bond donors (Lipinski definition) is 1. The minimum absolute atomic E-state index is 0.204. The van der Waals surface area contributed by atoms with Gasteiger partial charge in [0.15, 0.2) is 0 Å². The summed E-state index contributed by atoms with van der Waals surface area (Å²) in [5, 5.41) is 3.62. The lowest BCUT2D eigenvalue weighted by Gasteiger charge is -2.11. The van der Waals surface area contributed by atoms with Crippen molar-refractivity contribution in [3.05, 3.63) is 107 Å². The fourth-order valence-electron chi connectivity index (χ4n) is 4.13. The minimum Gasteiger partial charge on any atom is -0.340 e. The van der Waals surface area contributed by atoms with Gasteiger partial charge in [-0.3, -0.25) is 4.79 Å². The molecule has 1 aliphatic heterocycles. The molecule has 0 spiro atoms. The number of para-hydroxylation sites is 2. The van der Waals surface area contributed by atoms with Crippen LogP contribution < -0.4 is 10.2 Å². The summed E-state index contributed by atoms with van der Waals surface area (Å²) >= 11 is 0. The molecule has 1 N–H and O–H groups in total. The Labute approximate surface area is 184 Å². The molecule has 1 aliphatic rings. The SMILES string of the molecule is Cc1c(C=C2NC(=O)N(c3ccccc3)C2=O)c2ccccc2n1Cc1ccccc1F. The zero-order valence-electron chi connectivity index (χ0n) is 17.4. The highest BCUT2D eigenvalue weighted by Gasteiger charge is 2.35. The second-order valence-corrected chi connectivity index (χ2v) is 7.66. The van der Waals surface area contributed by atoms with Gasteiger partial charge in [-0.15, -0.1) is 0 Å². The number of nitrogens with one attached hydrogen (secondary N) is 1. The number of urea groups is 1. The van der Waals surface area contributed by atoms with Crippen molar-refractivity contribution in [2.24, 2.45) is 0 Å². The number of benzene rings is 3. The van der Waals surface area contributed by atoms with Crippen molar-refractivity contribution in [2.45, 2.75) is 13.5 Å². The third-order valence-electron chi connectivity index (χ3n) is 5.75. The Bertz CT molecular complexity index is 1390. The largest absolute Gasteiger partial charge is 0.340 e. The maximum absolute atomic E-state index is 14.3. The third kappa shape index (κ3) is 3.26. The normalized spacial score (nSPS) is 15.1. The van der Waals surface area contributed by atoms with Crippen molar-refractivity contribution < 1.29 is 14.0 Å². The van der Waals surface area contributed by atoms with Crippen LogP contribution in [0.3, 0.4) is 0 Å². The van der Waals surface area contributed by atoms with Crippen molar-refractivity contribution in [1.29, 1.82) is 0 Å². The number of nitrogens with zero attached hydrogens (tertiary/aromatic N) is 2. The fourth-order valence-corrected chi connectivity index (χ4v) is 4.13. The molecule has 3 aromatic carbocycles. The lowest BCUT2D eigenvalue weighted by Crippen LogP contribution is -2.30. The maximum atomic E-state index is 14.3. The smallest absolute Gasteiger partial charge is 0.333 e. The van der Waals surface area contributed by atoms with Crippen LogP contribution in [-0.2, 0) is 11.3 Å². The first-order chi connectivity index (χ1) is 15.5. The monoisotopic (exact) mass is 425 g/mol. The molecule has 5 rings (SSSR count). The summed E-state index contributed by atoms with van der Waals surface area (Å²) in [6.07, 6.45) is 1.71. The van der Waals surface area contributed by atoms with Gasteiger partial charge in [-0.05, 0) is 37.3 Å². The highest BCUT2D eigenvalue weighted by molar-refractivity contribution is 6.28. The van der Waals surface area contributed by atoms with Crippen molar-refractivity contribution in [2.75, 3.05) is 4.90 Å². The van der Waals surface area contributed by atoms with E-state index in [9.17, 15) is 14.0 Å². The standard InChI is InChI=1S/C26H20FN3O2/c1-17-21(15-23-25(31)30(26(32)28-23)19-10-3-2-4-11-19)20-12-6-8-14-24(20)29(17)16-18-9-5-7-13-22(18)27/h2-15H,16H2,1H3,(H,28,32). The van der Waals surface area contributed by atoms with Crippen LogP contribution in [0.4, 0.5) is 14.9 Å². The van der Waals surface area contributed by atoms with Crippen LogP contribution >= 0.6 is 0 Å². The molecule has 4 aromatic rings. The van der Waals surface area contributed by atoms with Crippen LogP contribution in [-0.4, -0.2) is 16.5 Å². The average Bonchev–Trinajstić information content (AvgIpc) is 3.23. The Morgan fingerprint density at radius 1 is 0.906 bits per heavy atom. The molecule has 3 amide bonds. The summed E-state index contributed by atoms with van der Waals surface area (Å²) in [4.78, 5) is 26.7. The number of carbonyl (C=O) groups is 2. The van der Waals surface area contributed by atoms with Gasteiger partial charge >= 0.3 is 6.03 Å². The lowest BCUT2D eigenvalue weighted by molar-refractivity contribution is -0.113. The number of amides is 3. The first kappa shape index (κ1) is 19.8. The first-order valence-electron chi connectivity index (χ1n) is 10.3. The topological polar surface area (TPSA) is 54.3 Å². The molecule has 1 aromatic heterocycles. The van der Waals surface area contributed by atoms with Crippen LogP contribution in [0, 0.1) is 12.7 Å². The number of halogens is 1. The zero-order chi connectivity index (χ0) is 22.2. The van der Waals surface area contributed by atoms with Crippen LogP contribution in [0.25, 0.3) is 17.0 Å². The second-order valence-electron chi connectivity index (χ2n) is 7.66. The Kier molecular flexibility index (Phi) is 4.82. The van der Waals surface area contributed by atoms with E-state index in [0.717, 1.165) is 27.1 Å². The van der Waals surface area contributed by atoms with Crippen molar-refractivity contribution in [3.8, 4) is 0 Å². The van der Waals surface area contributed by atoms with E-state index in [1.165, 1.54) is 6.07 Å². The molecule has 6 heteroatoms. The molecular weight excluding hydrogens is 405 g/mol. The molecule has 158 valence electrons. The Balaban J connectivity index is 1.59. The van der Waals surface area contributed by atoms with Gasteiger partial charge < -0.3 is 9.88 Å². The molecule has 0 unspecified atom stereocenters. The summed E-state index contributed by atoms with van der Waals surface area (Å²) < 4.78 is 16.3. The molecule has 2 heterocycles. The fraction of sp³-hybridized carbons (Fsp3) is 0.0769. The van der Waals surface area contributed by atoms with Gasteiger partial charge in [-0.25, -0.2) is 14.1 Å². The molecule has 32 heavy (non-hydrogen) atoms. The van der Waals surface area contributed by atoms with Crippen molar-refractivity contribution in [1.82, 2.24) is 9.88 Å². The van der Waals surface area contributed by atoms with Gasteiger partial charge in [0.25, 0.3) is 5.91 Å². The van der Waals surface area contributed by atoms with E-state index in [2.05, 4.69) is 5.32 Å². The van der Waals surface area contributed by atoms with Crippen molar-refractivity contribution in [3.63, 3.8) is 0 Å². The predicted octanol–water partition coefficient (Wildman–Crippen LogP) is 5.23. The third-order valence-corrected chi connectivity index (χ3v) is 5.75. The van der Waals surface area contributed by atoms with Gasteiger partial charge in [0, 0.05) is 27.7 Å². The van der Waals surface area contributed by atoms with Crippen LogP contribution in [0.5, 0.6) is 0 Å². The summed E-state index contributed by atoms with van der Waals surface area (Å²) in [5.74, 6) is -0.673. The number of aromatic nitrogens is 1. The summed E-state index contributed by atoms with van der Waals surface area (Å²) in [7, 11) is 0. The summed E-state index contributed by atoms with van der Waals surface area (Å²) in [6, 6.07) is 22.8. The van der Waals surface area contributed by atoms with Crippen LogP contribution in [0.2, 0.25) is 0 Å². The van der Waals surface area contributed by atoms with Gasteiger partial charge in [0.2, 0.25) is 0 Å². The quantitative estimate of drug-likeness (QED) is 0.359. The lowest BCUT2D eigenvalue weighted by atomic mass is 10.1. The Morgan fingerprint density at radius 3 is 2.38 bits per heavy atom. The van der Waals surface area contributed by atoms with Gasteiger partial charge in [-0.2, -0.15) is 0 Å². The molecule has 0 saturated carbocycles. The summed E-state index contributed by atoms with van der Waals surface area (Å²) in [6.45, 7) is 2.29. The second kappa shape index (κ2) is 7.81. The molecule has 5 nitrogen and oxygen atoms in total. The van der Waals surface area contributed by atoms with Gasteiger partial charge in [0.1, 0.15) is 11.5 Å². The molecule has 0 bridgehead atoms. The van der Waals surface area contributed by atoms with E-state index in [4.69, 9.17) is 0 Å². The number of carbonyl (C=O) groups excluding carboxylic acids is 2.